The van der Waals surface area contributed by atoms with Crippen LogP contribution in [-0.4, -0.2) is 20.8 Å². The zero-order chi connectivity index (χ0) is 12.3. The summed E-state index contributed by atoms with van der Waals surface area (Å²) in [5.41, 5.74) is -0.753. The van der Waals surface area contributed by atoms with Gasteiger partial charge in [-0.15, -0.1) is 0 Å². The minimum atomic E-state index is -1.37. The quantitative estimate of drug-likeness (QED) is 0.604. The van der Waals surface area contributed by atoms with E-state index in [0.29, 0.717) is 5.66 Å². The number of rotatable bonds is 3. The molecule has 0 amide bonds. The van der Waals surface area contributed by atoms with E-state index in [1.165, 1.54) is 10.6 Å². The van der Waals surface area contributed by atoms with Crippen molar-refractivity contribution < 1.29 is 0 Å². The maximum atomic E-state index is 3.53. The summed E-state index contributed by atoms with van der Waals surface area (Å²) in [6.07, 6.45) is 0. The summed E-state index contributed by atoms with van der Waals surface area (Å²) in [6.45, 7) is 4.62. The summed E-state index contributed by atoms with van der Waals surface area (Å²) in [6, 6.07) is 21.7. The van der Waals surface area contributed by atoms with Gasteiger partial charge in [0.05, 0.1) is 0 Å². The van der Waals surface area contributed by atoms with Gasteiger partial charge in [0.15, 0.2) is 0 Å². The van der Waals surface area contributed by atoms with Crippen molar-refractivity contribution in [3.63, 3.8) is 0 Å². The first kappa shape index (κ1) is 12.8. The maximum absolute atomic E-state index is 3.53. The second kappa shape index (κ2) is 5.36. The predicted octanol–water partition coefficient (Wildman–Crippen LogP) is 3.15. The molecule has 0 N–H and O–H groups in total. The van der Waals surface area contributed by atoms with Crippen molar-refractivity contribution in [3.8, 4) is 0 Å². The zero-order valence-corrected chi connectivity index (χ0v) is 12.8. The summed E-state index contributed by atoms with van der Waals surface area (Å²) in [5, 5.41) is 2.89. The van der Waals surface area contributed by atoms with Crippen LogP contribution in [0.15, 0.2) is 60.7 Å². The van der Waals surface area contributed by atoms with Gasteiger partial charge in [-0.2, -0.15) is 0 Å². The molecule has 0 radical (unpaired) electrons. The first-order chi connectivity index (χ1) is 8.15. The van der Waals surface area contributed by atoms with Crippen LogP contribution in [0.25, 0.3) is 0 Å². The van der Waals surface area contributed by atoms with Crippen molar-refractivity contribution >= 4 is 31.2 Å². The van der Waals surface area contributed by atoms with Gasteiger partial charge in [-0.1, -0.05) is 0 Å². The van der Waals surface area contributed by atoms with Crippen LogP contribution in [-0.2, 0) is 0 Å². The summed E-state index contributed by atoms with van der Waals surface area (Å²) in [4.78, 5) is 0. The van der Waals surface area contributed by atoms with Gasteiger partial charge >= 0.3 is 111 Å². The molecule has 0 heterocycles. The zero-order valence-electron chi connectivity index (χ0n) is 10.2. The molecule has 88 valence electrons. The van der Waals surface area contributed by atoms with Gasteiger partial charge in [0, 0.05) is 0 Å². The van der Waals surface area contributed by atoms with E-state index in [9.17, 15) is 0 Å². The third kappa shape index (κ3) is 2.47. The molecule has 2 aromatic carbocycles. The molecule has 2 aromatic rings. The first-order valence-corrected chi connectivity index (χ1v) is 9.94. The van der Waals surface area contributed by atoms with Crippen LogP contribution in [0.3, 0.4) is 0 Å². The Bertz CT molecular complexity index is 474. The van der Waals surface area contributed by atoms with Crippen molar-refractivity contribution in [2.24, 2.45) is 0 Å². The Hall–Kier alpha value is -0.611. The number of hydrogen-bond acceptors (Lipinski definition) is 0. The van der Waals surface area contributed by atoms with Gasteiger partial charge < -0.3 is 0 Å². The second-order valence-electron chi connectivity index (χ2n) is 4.42. The summed E-state index contributed by atoms with van der Waals surface area (Å²) in [5.74, 6) is 0. The predicted molar refractivity (Wildman–Crippen MR) is 80.0 cm³/mol. The van der Waals surface area contributed by atoms with E-state index in [4.69, 9.17) is 0 Å². The van der Waals surface area contributed by atoms with Crippen LogP contribution >= 0.6 is 5.51 Å². The van der Waals surface area contributed by atoms with Crippen LogP contribution in [0.5, 0.6) is 0 Å². The molecule has 0 saturated heterocycles. The van der Waals surface area contributed by atoms with E-state index >= 15 is 0 Å². The SMILES string of the molecule is CC(C)P(=[Se])(c1ccccc1)c1ccccc1. The van der Waals surface area contributed by atoms with E-state index in [1.807, 2.05) is 0 Å². The third-order valence-electron chi connectivity index (χ3n) is 3.01. The molecule has 0 aliphatic rings. The van der Waals surface area contributed by atoms with Crippen molar-refractivity contribution in [3.05, 3.63) is 60.7 Å². The number of benzene rings is 2. The van der Waals surface area contributed by atoms with Crippen LogP contribution in [0, 0.1) is 0 Å². The Morgan fingerprint density at radius 3 is 1.41 bits per heavy atom. The molecule has 0 spiro atoms. The van der Waals surface area contributed by atoms with Gasteiger partial charge in [0.1, 0.15) is 0 Å². The average Bonchev–Trinajstić information content (AvgIpc) is 2.39. The Labute approximate surface area is 111 Å². The monoisotopic (exact) mass is 308 g/mol. The standard InChI is InChI=1S/C15H17PSe/c1-13(2)16(17,14-9-5-3-6-10-14)15-11-7-4-8-12-15/h3-13H,1-2H3. The van der Waals surface area contributed by atoms with Gasteiger partial charge in [-0.25, -0.2) is 0 Å². The van der Waals surface area contributed by atoms with E-state index in [-0.39, 0.29) is 0 Å². The van der Waals surface area contributed by atoms with Crippen molar-refractivity contribution in [2.75, 3.05) is 0 Å². The van der Waals surface area contributed by atoms with Crippen molar-refractivity contribution in [2.45, 2.75) is 19.5 Å². The first-order valence-electron chi connectivity index (χ1n) is 5.86. The van der Waals surface area contributed by atoms with Crippen molar-refractivity contribution in [1.82, 2.24) is 0 Å². The van der Waals surface area contributed by atoms with Crippen LogP contribution < -0.4 is 10.6 Å². The fraction of sp³-hybridized carbons (Fsp3) is 0.200. The Kier molecular flexibility index (Phi) is 4.04. The normalized spacial score (nSPS) is 11.7. The molecule has 0 aliphatic heterocycles. The van der Waals surface area contributed by atoms with E-state index in [0.717, 1.165) is 0 Å². The Morgan fingerprint density at radius 1 is 0.765 bits per heavy atom. The molecule has 0 saturated carbocycles. The average molecular weight is 307 g/mol. The molecule has 0 bridgehead atoms. The minimum absolute atomic E-state index is 0.618. The Balaban J connectivity index is 2.60. The molecule has 2 rings (SSSR count). The van der Waals surface area contributed by atoms with Crippen molar-refractivity contribution in [1.29, 1.82) is 0 Å². The molecular formula is C15H17PSe. The van der Waals surface area contributed by atoms with Gasteiger partial charge in [0.2, 0.25) is 0 Å². The van der Waals surface area contributed by atoms with E-state index < -0.39 is 5.51 Å². The van der Waals surface area contributed by atoms with Crippen LogP contribution in [0.2, 0.25) is 0 Å². The fourth-order valence-electron chi connectivity index (χ4n) is 2.04. The molecule has 2 heteroatoms. The molecule has 0 unspecified atom stereocenters. The molecule has 0 aliphatic carbocycles. The molecular weight excluding hydrogens is 290 g/mol. The topological polar surface area (TPSA) is 0 Å². The second-order valence-corrected chi connectivity index (χ2v) is 11.4. The molecule has 0 atom stereocenters. The summed E-state index contributed by atoms with van der Waals surface area (Å²) in [7, 11) is 0. The number of hydrogen-bond donors (Lipinski definition) is 0. The summed E-state index contributed by atoms with van der Waals surface area (Å²) >= 11 is 3.53. The fourth-order valence-corrected chi connectivity index (χ4v) is 6.30. The van der Waals surface area contributed by atoms with Gasteiger partial charge in [0.25, 0.3) is 0 Å². The van der Waals surface area contributed by atoms with E-state index in [2.05, 4.69) is 89.6 Å². The Morgan fingerprint density at radius 2 is 1.12 bits per heavy atom. The van der Waals surface area contributed by atoms with E-state index in [1.54, 1.807) is 0 Å². The molecule has 17 heavy (non-hydrogen) atoms. The molecule has 0 aromatic heterocycles. The molecule has 0 nitrogen and oxygen atoms in total. The summed E-state index contributed by atoms with van der Waals surface area (Å²) < 4.78 is 0. The van der Waals surface area contributed by atoms with Crippen LogP contribution in [0.1, 0.15) is 13.8 Å². The van der Waals surface area contributed by atoms with Gasteiger partial charge in [-0.3, -0.25) is 0 Å². The van der Waals surface area contributed by atoms with Gasteiger partial charge in [-0.05, 0) is 0 Å². The third-order valence-corrected chi connectivity index (χ3v) is 11.9. The van der Waals surface area contributed by atoms with Crippen LogP contribution in [0.4, 0.5) is 0 Å². The molecule has 0 fully saturated rings.